The smallest absolute Gasteiger partial charge is 0.229 e. The summed E-state index contributed by atoms with van der Waals surface area (Å²) in [6.45, 7) is 6.21. The second-order valence-corrected chi connectivity index (χ2v) is 10.6. The molecule has 180 valence electrons. The van der Waals surface area contributed by atoms with Crippen LogP contribution in [0.4, 0.5) is 5.13 Å². The van der Waals surface area contributed by atoms with E-state index in [9.17, 15) is 8.42 Å². The van der Waals surface area contributed by atoms with E-state index in [0.29, 0.717) is 18.3 Å². The SMILES string of the molecule is CC(C)c1noc(C2CCN(c3nn4cc(COc5ccc(C[SH](=O)=O)cc5)nc4s3)CC2)n1. The summed E-state index contributed by atoms with van der Waals surface area (Å²) >= 11 is 1.56. The van der Waals surface area contributed by atoms with Crippen molar-refractivity contribution < 1.29 is 17.7 Å². The highest BCUT2D eigenvalue weighted by molar-refractivity contribution is 7.71. The van der Waals surface area contributed by atoms with Crippen LogP contribution < -0.4 is 9.64 Å². The highest BCUT2D eigenvalue weighted by atomic mass is 32.2. The average molecular weight is 503 g/mol. The molecule has 1 aliphatic rings. The van der Waals surface area contributed by atoms with E-state index in [1.807, 2.05) is 6.20 Å². The van der Waals surface area contributed by atoms with Crippen molar-refractivity contribution in [1.29, 1.82) is 0 Å². The second-order valence-electron chi connectivity index (χ2n) is 8.67. The maximum atomic E-state index is 10.8. The zero-order valence-electron chi connectivity index (χ0n) is 19.0. The van der Waals surface area contributed by atoms with Crippen molar-refractivity contribution >= 4 is 32.1 Å². The monoisotopic (exact) mass is 502 g/mol. The molecule has 1 aliphatic heterocycles. The van der Waals surface area contributed by atoms with Crippen LogP contribution in [0.25, 0.3) is 4.96 Å². The number of benzene rings is 1. The number of hydrogen-bond donors (Lipinski definition) is 1. The molecule has 0 bridgehead atoms. The lowest BCUT2D eigenvalue weighted by molar-refractivity contribution is 0.302. The van der Waals surface area contributed by atoms with E-state index in [4.69, 9.17) is 14.4 Å². The van der Waals surface area contributed by atoms with Gasteiger partial charge in [0.25, 0.3) is 0 Å². The molecule has 3 aromatic heterocycles. The van der Waals surface area contributed by atoms with Crippen LogP contribution in [0.15, 0.2) is 35.0 Å². The van der Waals surface area contributed by atoms with Crippen LogP contribution in [0, 0.1) is 0 Å². The van der Waals surface area contributed by atoms with Crippen molar-refractivity contribution in [1.82, 2.24) is 24.7 Å². The molecule has 0 atom stereocenters. The highest BCUT2D eigenvalue weighted by Gasteiger charge is 2.27. The van der Waals surface area contributed by atoms with Gasteiger partial charge >= 0.3 is 0 Å². The van der Waals surface area contributed by atoms with Crippen LogP contribution in [0.5, 0.6) is 5.75 Å². The quantitative estimate of drug-likeness (QED) is 0.362. The predicted octanol–water partition coefficient (Wildman–Crippen LogP) is 3.37. The van der Waals surface area contributed by atoms with Gasteiger partial charge in [0, 0.05) is 24.9 Å². The number of piperidine rings is 1. The van der Waals surface area contributed by atoms with Gasteiger partial charge in [0.15, 0.2) is 5.82 Å². The Labute approximate surface area is 202 Å². The largest absolute Gasteiger partial charge is 0.487 e. The Morgan fingerprint density at radius 2 is 1.94 bits per heavy atom. The number of anilines is 1. The van der Waals surface area contributed by atoms with Crippen molar-refractivity contribution in [2.75, 3.05) is 18.0 Å². The van der Waals surface area contributed by atoms with Gasteiger partial charge in [0.05, 0.1) is 17.6 Å². The Bertz CT molecular complexity index is 1290. The van der Waals surface area contributed by atoms with Gasteiger partial charge in [0.1, 0.15) is 23.1 Å². The molecule has 0 spiro atoms. The molecule has 10 nitrogen and oxygen atoms in total. The Morgan fingerprint density at radius 3 is 2.59 bits per heavy atom. The van der Waals surface area contributed by atoms with E-state index < -0.39 is 10.7 Å². The number of thiol groups is 1. The summed E-state index contributed by atoms with van der Waals surface area (Å²) in [5.74, 6) is 2.78. The van der Waals surface area contributed by atoms with Gasteiger partial charge in [-0.25, -0.2) is 17.9 Å². The summed E-state index contributed by atoms with van der Waals surface area (Å²) in [7, 11) is -2.43. The van der Waals surface area contributed by atoms with Crippen LogP contribution in [-0.2, 0) is 23.1 Å². The standard InChI is InChI=1S/C22H26N6O4S2/c1-14(2)19-24-20(32-26-19)16-7-9-27(10-8-16)22-25-28-11-17(23-21(28)33-22)12-31-18-5-3-15(4-6-18)13-34(29)30/h3-6,11,14,16,34H,7-10,12-13H2,1-2H3. The molecule has 0 amide bonds. The lowest BCUT2D eigenvalue weighted by Gasteiger charge is -2.29. The van der Waals surface area contributed by atoms with Crippen molar-refractivity contribution in [2.24, 2.45) is 0 Å². The summed E-state index contributed by atoms with van der Waals surface area (Å²) in [5, 5.41) is 9.76. The van der Waals surface area contributed by atoms with Crippen LogP contribution in [0.3, 0.4) is 0 Å². The van der Waals surface area contributed by atoms with E-state index in [-0.39, 0.29) is 11.7 Å². The minimum absolute atomic E-state index is 0.0363. The first-order chi connectivity index (χ1) is 16.4. The summed E-state index contributed by atoms with van der Waals surface area (Å²) in [4.78, 5) is 12.3. The van der Waals surface area contributed by atoms with Gasteiger partial charge < -0.3 is 14.2 Å². The molecule has 0 saturated carbocycles. The number of fused-ring (bicyclic) bond motifs is 1. The molecular weight excluding hydrogens is 476 g/mol. The number of aromatic nitrogens is 5. The summed E-state index contributed by atoms with van der Waals surface area (Å²) < 4.78 is 34.7. The van der Waals surface area contributed by atoms with Gasteiger partial charge in [-0.3, -0.25) is 0 Å². The molecule has 34 heavy (non-hydrogen) atoms. The van der Waals surface area contributed by atoms with Gasteiger partial charge in [-0.2, -0.15) is 4.98 Å². The molecule has 0 radical (unpaired) electrons. The molecule has 1 fully saturated rings. The molecule has 0 N–H and O–H groups in total. The van der Waals surface area contributed by atoms with E-state index in [2.05, 4.69) is 33.9 Å². The Hall–Kier alpha value is -2.99. The first-order valence-corrected chi connectivity index (χ1v) is 13.4. The normalized spacial score (nSPS) is 15.1. The fourth-order valence-corrected chi connectivity index (χ4v) is 5.36. The summed E-state index contributed by atoms with van der Waals surface area (Å²) in [6, 6.07) is 7.05. The van der Waals surface area contributed by atoms with Crippen molar-refractivity contribution in [3.05, 3.63) is 53.4 Å². The lowest BCUT2D eigenvalue weighted by atomic mass is 9.97. The lowest BCUT2D eigenvalue weighted by Crippen LogP contribution is -2.33. The predicted molar refractivity (Wildman–Crippen MR) is 128 cm³/mol. The summed E-state index contributed by atoms with van der Waals surface area (Å²) in [6.07, 6.45) is 3.78. The number of nitrogens with zero attached hydrogens (tertiary/aromatic N) is 6. The van der Waals surface area contributed by atoms with Gasteiger partial charge in [-0.15, -0.1) is 5.10 Å². The molecule has 0 unspecified atom stereocenters. The molecule has 1 saturated heterocycles. The average Bonchev–Trinajstić information content (AvgIpc) is 3.54. The first kappa shape index (κ1) is 22.8. The minimum Gasteiger partial charge on any atom is -0.487 e. The summed E-state index contributed by atoms with van der Waals surface area (Å²) in [5.41, 5.74) is 1.53. The molecular formula is C22H26N6O4S2. The van der Waals surface area contributed by atoms with Crippen LogP contribution in [0.1, 0.15) is 61.5 Å². The van der Waals surface area contributed by atoms with Gasteiger partial charge in [-0.1, -0.05) is 42.5 Å². The number of imidazole rings is 1. The Morgan fingerprint density at radius 1 is 1.18 bits per heavy atom. The van der Waals surface area contributed by atoms with E-state index >= 15 is 0 Å². The fraction of sp³-hybridized carbons (Fsp3) is 0.455. The van der Waals surface area contributed by atoms with Crippen LogP contribution in [0.2, 0.25) is 0 Å². The zero-order valence-corrected chi connectivity index (χ0v) is 20.7. The third-order valence-electron chi connectivity index (χ3n) is 5.79. The second kappa shape index (κ2) is 9.71. The van der Waals surface area contributed by atoms with E-state index in [1.165, 1.54) is 0 Å². The Kier molecular flexibility index (Phi) is 6.50. The van der Waals surface area contributed by atoms with Gasteiger partial charge in [0.2, 0.25) is 16.0 Å². The molecule has 1 aromatic carbocycles. The number of hydrogen-bond acceptors (Lipinski definition) is 10. The van der Waals surface area contributed by atoms with Crippen LogP contribution >= 0.6 is 11.3 Å². The van der Waals surface area contributed by atoms with Crippen molar-refractivity contribution in [3.8, 4) is 5.75 Å². The molecule has 0 aliphatic carbocycles. The Balaban J connectivity index is 1.16. The molecule has 4 aromatic rings. The van der Waals surface area contributed by atoms with E-state index in [1.54, 1.807) is 40.1 Å². The third kappa shape index (κ3) is 5.07. The highest BCUT2D eigenvalue weighted by Crippen LogP contribution is 2.32. The number of rotatable bonds is 8. The third-order valence-corrected chi connectivity index (χ3v) is 7.40. The van der Waals surface area contributed by atoms with Crippen molar-refractivity contribution in [3.63, 3.8) is 0 Å². The van der Waals surface area contributed by atoms with Crippen molar-refractivity contribution in [2.45, 2.75) is 50.9 Å². The fourth-order valence-electron chi connectivity index (χ4n) is 3.89. The van der Waals surface area contributed by atoms with E-state index in [0.717, 1.165) is 59.0 Å². The maximum Gasteiger partial charge on any atom is 0.229 e. The topological polar surface area (TPSA) is 116 Å². The maximum absolute atomic E-state index is 10.8. The molecule has 12 heteroatoms. The molecule has 5 rings (SSSR count). The minimum atomic E-state index is -2.43. The molecule has 4 heterocycles. The zero-order chi connectivity index (χ0) is 23.7. The number of ether oxygens (including phenoxy) is 1. The van der Waals surface area contributed by atoms with Gasteiger partial charge in [-0.05, 0) is 30.5 Å². The van der Waals surface area contributed by atoms with Crippen LogP contribution in [-0.4, -0.2) is 46.2 Å². The first-order valence-electron chi connectivity index (χ1n) is 11.2.